The van der Waals surface area contributed by atoms with E-state index in [9.17, 15) is 0 Å². The van der Waals surface area contributed by atoms with Crippen LogP contribution in [0.15, 0.2) is 41.0 Å². The second-order valence-corrected chi connectivity index (χ2v) is 4.73. The molecule has 0 radical (unpaired) electrons. The largest absolute Gasteiger partial charge is 0.339 e. The molecule has 0 amide bonds. The van der Waals surface area contributed by atoms with Crippen molar-refractivity contribution in [2.75, 3.05) is 5.32 Å². The van der Waals surface area contributed by atoms with Crippen LogP contribution in [0.2, 0.25) is 0 Å². The van der Waals surface area contributed by atoms with Crippen LogP contribution < -0.4 is 11.1 Å². The highest BCUT2D eigenvalue weighted by Crippen LogP contribution is 2.24. The van der Waals surface area contributed by atoms with Crippen LogP contribution in [0.4, 0.5) is 11.5 Å². The van der Waals surface area contributed by atoms with Crippen LogP contribution >= 0.6 is 15.9 Å². The highest BCUT2D eigenvalue weighted by atomic mass is 79.9. The lowest BCUT2D eigenvalue weighted by molar-refractivity contribution is 1.07. The minimum absolute atomic E-state index is 0.540. The SMILES string of the molecule is Cc1cnc(Nc2cccc(CN)c2)c(Br)c1. The van der Waals surface area contributed by atoms with E-state index < -0.39 is 0 Å². The van der Waals surface area contributed by atoms with E-state index >= 15 is 0 Å². The number of nitrogens with zero attached hydrogens (tertiary/aromatic N) is 1. The van der Waals surface area contributed by atoms with E-state index in [-0.39, 0.29) is 0 Å². The third-order valence-corrected chi connectivity index (χ3v) is 3.01. The molecule has 0 bridgehead atoms. The van der Waals surface area contributed by atoms with Crippen molar-refractivity contribution in [1.82, 2.24) is 4.98 Å². The van der Waals surface area contributed by atoms with Gasteiger partial charge in [-0.3, -0.25) is 0 Å². The van der Waals surface area contributed by atoms with Crippen LogP contribution in [-0.2, 0) is 6.54 Å². The van der Waals surface area contributed by atoms with E-state index in [1.165, 1.54) is 0 Å². The maximum atomic E-state index is 5.61. The molecule has 0 unspecified atom stereocenters. The normalized spacial score (nSPS) is 10.3. The Morgan fingerprint density at radius 2 is 2.18 bits per heavy atom. The van der Waals surface area contributed by atoms with Gasteiger partial charge in [0.25, 0.3) is 0 Å². The number of nitrogens with two attached hydrogens (primary N) is 1. The minimum atomic E-state index is 0.540. The Bertz CT molecular complexity index is 526. The van der Waals surface area contributed by atoms with E-state index in [4.69, 9.17) is 5.73 Å². The zero-order valence-corrected chi connectivity index (χ0v) is 11.2. The molecule has 0 aliphatic carbocycles. The van der Waals surface area contributed by atoms with Crippen LogP contribution in [0.5, 0.6) is 0 Å². The Balaban J connectivity index is 2.25. The Labute approximate surface area is 109 Å². The van der Waals surface area contributed by atoms with Gasteiger partial charge in [-0.2, -0.15) is 0 Å². The molecular formula is C13H14BrN3. The summed E-state index contributed by atoms with van der Waals surface area (Å²) in [6, 6.07) is 10.0. The van der Waals surface area contributed by atoms with Crippen molar-refractivity contribution < 1.29 is 0 Å². The molecule has 1 heterocycles. The lowest BCUT2D eigenvalue weighted by Gasteiger charge is -2.09. The maximum Gasteiger partial charge on any atom is 0.144 e. The van der Waals surface area contributed by atoms with Gasteiger partial charge in [0.2, 0.25) is 0 Å². The average Bonchev–Trinajstić information content (AvgIpc) is 2.33. The second kappa shape index (κ2) is 5.29. The van der Waals surface area contributed by atoms with Crippen LogP contribution in [0.3, 0.4) is 0 Å². The fourth-order valence-electron chi connectivity index (χ4n) is 1.54. The van der Waals surface area contributed by atoms with Crippen LogP contribution in [0, 0.1) is 6.92 Å². The van der Waals surface area contributed by atoms with Crippen LogP contribution in [0.1, 0.15) is 11.1 Å². The zero-order valence-electron chi connectivity index (χ0n) is 9.57. The van der Waals surface area contributed by atoms with Gasteiger partial charge in [0.15, 0.2) is 0 Å². The molecule has 0 spiro atoms. The molecule has 4 heteroatoms. The average molecular weight is 292 g/mol. The standard InChI is InChI=1S/C13H14BrN3/c1-9-5-12(14)13(16-8-9)17-11-4-2-3-10(6-11)7-15/h2-6,8H,7,15H2,1H3,(H,16,17). The molecule has 0 fully saturated rings. The zero-order chi connectivity index (χ0) is 12.3. The van der Waals surface area contributed by atoms with E-state index in [0.717, 1.165) is 27.1 Å². The molecule has 0 atom stereocenters. The van der Waals surface area contributed by atoms with Crippen molar-refractivity contribution >= 4 is 27.4 Å². The molecule has 2 aromatic rings. The molecule has 0 aliphatic heterocycles. The number of hydrogen-bond donors (Lipinski definition) is 2. The third-order valence-electron chi connectivity index (χ3n) is 2.40. The number of aryl methyl sites for hydroxylation is 1. The lowest BCUT2D eigenvalue weighted by atomic mass is 10.2. The third kappa shape index (κ3) is 3.05. The van der Waals surface area contributed by atoms with Crippen molar-refractivity contribution in [3.05, 3.63) is 52.1 Å². The van der Waals surface area contributed by atoms with E-state index in [2.05, 4.69) is 26.2 Å². The summed E-state index contributed by atoms with van der Waals surface area (Å²) in [4.78, 5) is 4.34. The van der Waals surface area contributed by atoms with Gasteiger partial charge in [0.05, 0.1) is 4.47 Å². The minimum Gasteiger partial charge on any atom is -0.339 e. The number of aromatic nitrogens is 1. The van der Waals surface area contributed by atoms with Gasteiger partial charge in [0, 0.05) is 18.4 Å². The Hall–Kier alpha value is -1.39. The summed E-state index contributed by atoms with van der Waals surface area (Å²) in [5, 5.41) is 3.26. The Morgan fingerprint density at radius 3 is 2.88 bits per heavy atom. The van der Waals surface area contributed by atoms with Gasteiger partial charge < -0.3 is 11.1 Å². The highest BCUT2D eigenvalue weighted by Gasteiger charge is 2.02. The number of hydrogen-bond acceptors (Lipinski definition) is 3. The summed E-state index contributed by atoms with van der Waals surface area (Å²) in [5.41, 5.74) is 8.82. The number of benzene rings is 1. The first-order valence-electron chi connectivity index (χ1n) is 5.37. The van der Waals surface area contributed by atoms with E-state index in [1.807, 2.05) is 43.5 Å². The topological polar surface area (TPSA) is 50.9 Å². The molecule has 3 nitrogen and oxygen atoms in total. The number of anilines is 2. The smallest absolute Gasteiger partial charge is 0.144 e. The van der Waals surface area contributed by atoms with Gasteiger partial charge in [0.1, 0.15) is 5.82 Å². The fourth-order valence-corrected chi connectivity index (χ4v) is 2.10. The van der Waals surface area contributed by atoms with Gasteiger partial charge in [-0.25, -0.2) is 4.98 Å². The Morgan fingerprint density at radius 1 is 1.35 bits per heavy atom. The van der Waals surface area contributed by atoms with Crippen molar-refractivity contribution in [1.29, 1.82) is 0 Å². The molecule has 0 saturated carbocycles. The van der Waals surface area contributed by atoms with E-state index in [0.29, 0.717) is 6.54 Å². The second-order valence-electron chi connectivity index (χ2n) is 3.87. The van der Waals surface area contributed by atoms with Gasteiger partial charge >= 0.3 is 0 Å². The molecule has 17 heavy (non-hydrogen) atoms. The summed E-state index contributed by atoms with van der Waals surface area (Å²) >= 11 is 3.49. The predicted octanol–water partition coefficient (Wildman–Crippen LogP) is 3.35. The van der Waals surface area contributed by atoms with Crippen LogP contribution in [0.25, 0.3) is 0 Å². The predicted molar refractivity (Wildman–Crippen MR) is 74.3 cm³/mol. The van der Waals surface area contributed by atoms with Crippen LogP contribution in [-0.4, -0.2) is 4.98 Å². The molecule has 2 rings (SSSR count). The summed E-state index contributed by atoms with van der Waals surface area (Å²) < 4.78 is 0.954. The summed E-state index contributed by atoms with van der Waals surface area (Å²) in [6.07, 6.45) is 1.83. The van der Waals surface area contributed by atoms with Crippen molar-refractivity contribution in [3.8, 4) is 0 Å². The number of rotatable bonds is 3. The van der Waals surface area contributed by atoms with Gasteiger partial charge in [-0.05, 0) is 52.2 Å². The first kappa shape index (κ1) is 12.1. The summed E-state index contributed by atoms with van der Waals surface area (Å²) in [5.74, 6) is 0.810. The monoisotopic (exact) mass is 291 g/mol. The number of nitrogens with one attached hydrogen (secondary N) is 1. The first-order chi connectivity index (χ1) is 8.19. The van der Waals surface area contributed by atoms with E-state index in [1.54, 1.807) is 0 Å². The first-order valence-corrected chi connectivity index (χ1v) is 6.16. The number of pyridine rings is 1. The molecule has 0 aliphatic rings. The maximum absolute atomic E-state index is 5.61. The molecule has 3 N–H and O–H groups in total. The molecule has 0 saturated heterocycles. The molecular weight excluding hydrogens is 278 g/mol. The number of halogens is 1. The van der Waals surface area contributed by atoms with Gasteiger partial charge in [-0.1, -0.05) is 12.1 Å². The molecule has 1 aromatic heterocycles. The van der Waals surface area contributed by atoms with Crippen molar-refractivity contribution in [2.24, 2.45) is 5.73 Å². The quantitative estimate of drug-likeness (QED) is 0.912. The highest BCUT2D eigenvalue weighted by molar-refractivity contribution is 9.10. The Kier molecular flexibility index (Phi) is 3.76. The lowest BCUT2D eigenvalue weighted by Crippen LogP contribution is -1.99. The molecule has 88 valence electrons. The summed E-state index contributed by atoms with van der Waals surface area (Å²) in [6.45, 7) is 2.55. The molecule has 1 aromatic carbocycles. The van der Waals surface area contributed by atoms with Crippen molar-refractivity contribution in [3.63, 3.8) is 0 Å². The summed E-state index contributed by atoms with van der Waals surface area (Å²) in [7, 11) is 0. The van der Waals surface area contributed by atoms with Crippen molar-refractivity contribution in [2.45, 2.75) is 13.5 Å². The fraction of sp³-hybridized carbons (Fsp3) is 0.154. The van der Waals surface area contributed by atoms with Gasteiger partial charge in [-0.15, -0.1) is 0 Å².